The Balaban J connectivity index is 2.86. The number of hydrazine groups is 1. The van der Waals surface area contributed by atoms with Crippen LogP contribution in [0.25, 0.3) is 0 Å². The number of alkyl halides is 2. The number of aromatic nitrogens is 2. The first-order chi connectivity index (χ1) is 7.52. The standard InChI is InChI=1S/C9H15F2N5/c1-5(2)9-14-7(13-4-6(10)11)3-8(15-9)16-12/h3,5-6H,4,12H2,1-2H3,(H2,13,14,15,16). The van der Waals surface area contributed by atoms with Crippen molar-refractivity contribution in [3.63, 3.8) is 0 Å². The van der Waals surface area contributed by atoms with Gasteiger partial charge in [-0.05, 0) is 0 Å². The van der Waals surface area contributed by atoms with E-state index in [1.165, 1.54) is 6.07 Å². The second-order valence-corrected chi connectivity index (χ2v) is 3.57. The number of rotatable bonds is 5. The molecule has 4 N–H and O–H groups in total. The molecule has 16 heavy (non-hydrogen) atoms. The Bertz CT molecular complexity index is 343. The van der Waals surface area contributed by atoms with Crippen LogP contribution in [0.3, 0.4) is 0 Å². The normalized spacial score (nSPS) is 10.9. The van der Waals surface area contributed by atoms with Crippen LogP contribution < -0.4 is 16.6 Å². The summed E-state index contributed by atoms with van der Waals surface area (Å²) in [6.45, 7) is 3.37. The lowest BCUT2D eigenvalue weighted by atomic mass is 10.2. The molecule has 0 saturated heterocycles. The molecular formula is C9H15F2N5. The largest absolute Gasteiger partial charge is 0.364 e. The summed E-state index contributed by atoms with van der Waals surface area (Å²) in [7, 11) is 0. The van der Waals surface area contributed by atoms with Crippen LogP contribution >= 0.6 is 0 Å². The van der Waals surface area contributed by atoms with E-state index in [0.29, 0.717) is 17.5 Å². The van der Waals surface area contributed by atoms with Gasteiger partial charge in [0.2, 0.25) is 0 Å². The van der Waals surface area contributed by atoms with Crippen LogP contribution in [0.2, 0.25) is 0 Å². The lowest BCUT2D eigenvalue weighted by Crippen LogP contribution is -2.15. The van der Waals surface area contributed by atoms with Gasteiger partial charge in [-0.25, -0.2) is 24.6 Å². The number of halogens is 2. The van der Waals surface area contributed by atoms with Crippen molar-refractivity contribution < 1.29 is 8.78 Å². The van der Waals surface area contributed by atoms with Crippen LogP contribution in [0.15, 0.2) is 6.07 Å². The molecule has 0 aliphatic heterocycles. The Morgan fingerprint density at radius 1 is 1.31 bits per heavy atom. The van der Waals surface area contributed by atoms with Crippen molar-refractivity contribution in [2.24, 2.45) is 5.84 Å². The zero-order valence-electron chi connectivity index (χ0n) is 9.17. The van der Waals surface area contributed by atoms with Crippen molar-refractivity contribution in [3.8, 4) is 0 Å². The van der Waals surface area contributed by atoms with E-state index in [1.54, 1.807) is 0 Å². The van der Waals surface area contributed by atoms with Crippen molar-refractivity contribution in [2.75, 3.05) is 17.3 Å². The summed E-state index contributed by atoms with van der Waals surface area (Å²) in [5, 5.41) is 2.52. The van der Waals surface area contributed by atoms with Crippen LogP contribution in [-0.4, -0.2) is 22.9 Å². The Morgan fingerprint density at radius 3 is 2.44 bits per heavy atom. The minimum absolute atomic E-state index is 0.0976. The number of anilines is 2. The van der Waals surface area contributed by atoms with Crippen LogP contribution in [-0.2, 0) is 0 Å². The molecule has 7 heteroatoms. The molecule has 0 aliphatic carbocycles. The molecule has 0 bridgehead atoms. The predicted molar refractivity (Wildman–Crippen MR) is 58.4 cm³/mol. The highest BCUT2D eigenvalue weighted by Gasteiger charge is 2.09. The van der Waals surface area contributed by atoms with Crippen molar-refractivity contribution in [2.45, 2.75) is 26.2 Å². The molecule has 1 rings (SSSR count). The summed E-state index contributed by atoms with van der Waals surface area (Å²) < 4.78 is 24.0. The van der Waals surface area contributed by atoms with E-state index in [0.717, 1.165) is 0 Å². The van der Waals surface area contributed by atoms with E-state index in [4.69, 9.17) is 5.84 Å². The summed E-state index contributed by atoms with van der Waals surface area (Å²) in [5.74, 6) is 6.61. The van der Waals surface area contributed by atoms with Crippen LogP contribution in [0.1, 0.15) is 25.6 Å². The second-order valence-electron chi connectivity index (χ2n) is 3.57. The van der Waals surface area contributed by atoms with E-state index in [1.807, 2.05) is 13.8 Å². The quantitative estimate of drug-likeness (QED) is 0.529. The van der Waals surface area contributed by atoms with Crippen LogP contribution in [0.4, 0.5) is 20.4 Å². The van der Waals surface area contributed by atoms with E-state index >= 15 is 0 Å². The van der Waals surface area contributed by atoms with Gasteiger partial charge in [-0.15, -0.1) is 0 Å². The number of nitrogens with two attached hydrogens (primary N) is 1. The molecular weight excluding hydrogens is 216 g/mol. The SMILES string of the molecule is CC(C)c1nc(NN)cc(NCC(F)F)n1. The highest BCUT2D eigenvalue weighted by Crippen LogP contribution is 2.16. The maximum Gasteiger partial charge on any atom is 0.255 e. The maximum atomic E-state index is 12.0. The van der Waals surface area contributed by atoms with Gasteiger partial charge in [0.25, 0.3) is 6.43 Å². The molecule has 5 nitrogen and oxygen atoms in total. The third-order valence-electron chi connectivity index (χ3n) is 1.85. The number of hydrogen-bond acceptors (Lipinski definition) is 5. The highest BCUT2D eigenvalue weighted by molar-refractivity contribution is 5.47. The number of nitrogens with zero attached hydrogens (tertiary/aromatic N) is 2. The van der Waals surface area contributed by atoms with Gasteiger partial charge in [-0.2, -0.15) is 0 Å². The molecule has 0 spiro atoms. The molecule has 0 aliphatic rings. The van der Waals surface area contributed by atoms with E-state index in [-0.39, 0.29) is 5.92 Å². The van der Waals surface area contributed by atoms with Crippen molar-refractivity contribution in [3.05, 3.63) is 11.9 Å². The van der Waals surface area contributed by atoms with Gasteiger partial charge in [0.1, 0.15) is 17.5 Å². The van der Waals surface area contributed by atoms with Crippen molar-refractivity contribution in [1.82, 2.24) is 9.97 Å². The molecule has 0 amide bonds. The Morgan fingerprint density at radius 2 is 1.94 bits per heavy atom. The van der Waals surface area contributed by atoms with E-state index < -0.39 is 13.0 Å². The minimum atomic E-state index is -2.42. The molecule has 90 valence electrons. The molecule has 0 unspecified atom stereocenters. The van der Waals surface area contributed by atoms with Gasteiger partial charge < -0.3 is 10.7 Å². The molecule has 0 saturated carbocycles. The second kappa shape index (κ2) is 5.55. The minimum Gasteiger partial charge on any atom is -0.364 e. The van der Waals surface area contributed by atoms with Crippen LogP contribution in [0.5, 0.6) is 0 Å². The van der Waals surface area contributed by atoms with Gasteiger partial charge in [0, 0.05) is 12.0 Å². The van der Waals surface area contributed by atoms with Gasteiger partial charge in [-0.1, -0.05) is 13.8 Å². The molecule has 0 aromatic carbocycles. The lowest BCUT2D eigenvalue weighted by molar-refractivity contribution is 0.163. The summed E-state index contributed by atoms with van der Waals surface area (Å²) in [4.78, 5) is 8.21. The third kappa shape index (κ3) is 3.58. The smallest absolute Gasteiger partial charge is 0.255 e. The fourth-order valence-electron chi connectivity index (χ4n) is 1.07. The average molecular weight is 231 g/mol. The number of nitrogen functional groups attached to an aromatic ring is 1. The third-order valence-corrected chi connectivity index (χ3v) is 1.85. The average Bonchev–Trinajstić information content (AvgIpc) is 2.25. The number of nitrogens with one attached hydrogen (secondary N) is 2. The zero-order chi connectivity index (χ0) is 12.1. The molecule has 0 radical (unpaired) electrons. The maximum absolute atomic E-state index is 12.0. The van der Waals surface area contributed by atoms with Crippen molar-refractivity contribution >= 4 is 11.6 Å². The van der Waals surface area contributed by atoms with Gasteiger partial charge in [-0.3, -0.25) is 0 Å². The molecule has 1 aromatic heterocycles. The molecule has 0 fully saturated rings. The predicted octanol–water partition coefficient (Wildman–Crippen LogP) is 1.56. The highest BCUT2D eigenvalue weighted by atomic mass is 19.3. The Kier molecular flexibility index (Phi) is 4.36. The fourth-order valence-corrected chi connectivity index (χ4v) is 1.07. The first kappa shape index (κ1) is 12.6. The molecule has 1 heterocycles. The summed E-state index contributed by atoms with van der Waals surface area (Å²) >= 11 is 0. The summed E-state index contributed by atoms with van der Waals surface area (Å²) in [5.41, 5.74) is 2.37. The molecule has 0 atom stereocenters. The van der Waals surface area contributed by atoms with Gasteiger partial charge in [0.05, 0.1) is 6.54 Å². The van der Waals surface area contributed by atoms with E-state index in [2.05, 4.69) is 20.7 Å². The number of hydrogen-bond donors (Lipinski definition) is 3. The molecule has 1 aromatic rings. The first-order valence-corrected chi connectivity index (χ1v) is 4.90. The monoisotopic (exact) mass is 231 g/mol. The lowest BCUT2D eigenvalue weighted by Gasteiger charge is -2.10. The summed E-state index contributed by atoms with van der Waals surface area (Å²) in [6, 6.07) is 1.48. The van der Waals surface area contributed by atoms with Crippen LogP contribution in [0, 0.1) is 0 Å². The Hall–Kier alpha value is -1.50. The fraction of sp³-hybridized carbons (Fsp3) is 0.556. The van der Waals surface area contributed by atoms with Gasteiger partial charge >= 0.3 is 0 Å². The zero-order valence-corrected chi connectivity index (χ0v) is 9.17. The summed E-state index contributed by atoms with van der Waals surface area (Å²) in [6.07, 6.45) is -2.42. The van der Waals surface area contributed by atoms with Gasteiger partial charge in [0.15, 0.2) is 0 Å². The van der Waals surface area contributed by atoms with Crippen molar-refractivity contribution in [1.29, 1.82) is 0 Å². The topological polar surface area (TPSA) is 75.9 Å². The Labute approximate surface area is 92.4 Å². The van der Waals surface area contributed by atoms with E-state index in [9.17, 15) is 8.78 Å². The first-order valence-electron chi connectivity index (χ1n) is 4.90.